The Morgan fingerprint density at radius 1 is 1.17 bits per heavy atom. The third-order valence-electron chi connectivity index (χ3n) is 5.47. The van der Waals surface area contributed by atoms with E-state index in [2.05, 4.69) is 20.6 Å². The normalized spacial score (nSPS) is 18.7. The van der Waals surface area contributed by atoms with E-state index in [0.717, 1.165) is 25.7 Å². The fourth-order valence-corrected chi connectivity index (χ4v) is 3.60. The van der Waals surface area contributed by atoms with Gasteiger partial charge in [-0.1, -0.05) is 6.07 Å². The van der Waals surface area contributed by atoms with Crippen molar-refractivity contribution in [3.63, 3.8) is 0 Å². The van der Waals surface area contributed by atoms with Crippen LogP contribution < -0.4 is 16.4 Å². The lowest BCUT2D eigenvalue weighted by Crippen LogP contribution is -2.25. The highest BCUT2D eigenvalue weighted by Gasteiger charge is 2.26. The van der Waals surface area contributed by atoms with Gasteiger partial charge >= 0.3 is 5.69 Å². The number of hydrogen-bond donors (Lipinski definition) is 3. The highest BCUT2D eigenvalue weighted by Crippen LogP contribution is 2.29. The van der Waals surface area contributed by atoms with Gasteiger partial charge in [0.1, 0.15) is 17.8 Å². The molecule has 10 heteroatoms. The van der Waals surface area contributed by atoms with Gasteiger partial charge in [-0.05, 0) is 56.2 Å². The first-order valence-corrected chi connectivity index (χ1v) is 10.0. The first kappa shape index (κ1) is 21.8. The Kier molecular flexibility index (Phi) is 7.45. The SMILES string of the molecule is CO[N+](=O)c1cnc(NCc2c(F)cccc2F)nc1NCC1CCC(CN)CC1. The molecule has 0 aliphatic heterocycles. The van der Waals surface area contributed by atoms with Crippen molar-refractivity contribution in [1.29, 1.82) is 0 Å². The Morgan fingerprint density at radius 3 is 2.47 bits per heavy atom. The minimum atomic E-state index is -0.657. The van der Waals surface area contributed by atoms with Crippen LogP contribution in [0.15, 0.2) is 24.4 Å². The van der Waals surface area contributed by atoms with Crippen LogP contribution in [-0.4, -0.2) is 35.1 Å². The molecule has 4 N–H and O–H groups in total. The van der Waals surface area contributed by atoms with E-state index in [-0.39, 0.29) is 23.7 Å². The van der Waals surface area contributed by atoms with E-state index in [1.54, 1.807) is 0 Å². The molecule has 0 amide bonds. The summed E-state index contributed by atoms with van der Waals surface area (Å²) in [7, 11) is 1.25. The van der Waals surface area contributed by atoms with Crippen LogP contribution in [0.4, 0.5) is 26.2 Å². The highest BCUT2D eigenvalue weighted by molar-refractivity contribution is 5.56. The first-order valence-electron chi connectivity index (χ1n) is 10.0. The van der Waals surface area contributed by atoms with Crippen LogP contribution in [-0.2, 0) is 11.4 Å². The summed E-state index contributed by atoms with van der Waals surface area (Å²) < 4.78 is 27.6. The Morgan fingerprint density at radius 2 is 1.83 bits per heavy atom. The lowest BCUT2D eigenvalue weighted by atomic mass is 9.82. The largest absolute Gasteiger partial charge is 0.376 e. The fourth-order valence-electron chi connectivity index (χ4n) is 3.60. The molecule has 2 aromatic rings. The van der Waals surface area contributed by atoms with Gasteiger partial charge < -0.3 is 16.4 Å². The second kappa shape index (κ2) is 10.2. The monoisotopic (exact) mass is 421 g/mol. The fraction of sp³-hybridized carbons (Fsp3) is 0.500. The van der Waals surface area contributed by atoms with Crippen molar-refractivity contribution in [2.24, 2.45) is 17.6 Å². The molecule has 0 spiro atoms. The average Bonchev–Trinajstić information content (AvgIpc) is 2.77. The quantitative estimate of drug-likeness (QED) is 0.532. The van der Waals surface area contributed by atoms with Gasteiger partial charge in [0, 0.05) is 18.7 Å². The second-order valence-electron chi connectivity index (χ2n) is 7.42. The molecule has 3 rings (SSSR count). The highest BCUT2D eigenvalue weighted by atomic mass is 19.1. The number of hydrogen-bond acceptors (Lipinski definition) is 7. The number of nitrogens with one attached hydrogen (secondary N) is 2. The zero-order valence-corrected chi connectivity index (χ0v) is 16.9. The predicted molar refractivity (Wildman–Crippen MR) is 109 cm³/mol. The van der Waals surface area contributed by atoms with E-state index in [0.29, 0.717) is 35.7 Å². The molecule has 1 aromatic carbocycles. The van der Waals surface area contributed by atoms with Gasteiger partial charge in [0.15, 0.2) is 7.11 Å². The van der Waals surface area contributed by atoms with E-state index in [1.165, 1.54) is 31.5 Å². The van der Waals surface area contributed by atoms with Gasteiger partial charge in [0.25, 0.3) is 4.92 Å². The van der Waals surface area contributed by atoms with Crippen molar-refractivity contribution in [3.05, 3.63) is 46.5 Å². The van der Waals surface area contributed by atoms with Crippen LogP contribution in [0.2, 0.25) is 0 Å². The van der Waals surface area contributed by atoms with Crippen molar-refractivity contribution in [3.8, 4) is 0 Å². The molecule has 0 saturated heterocycles. The lowest BCUT2D eigenvalue weighted by Gasteiger charge is -2.27. The van der Waals surface area contributed by atoms with E-state index in [1.807, 2.05) is 0 Å². The summed E-state index contributed by atoms with van der Waals surface area (Å²) in [5.41, 5.74) is 5.76. The molecule has 30 heavy (non-hydrogen) atoms. The minimum absolute atomic E-state index is 0.112. The molecule has 162 valence electrons. The summed E-state index contributed by atoms with van der Waals surface area (Å²) in [5, 5.41) is 6.00. The van der Waals surface area contributed by atoms with Crippen LogP contribution in [0.25, 0.3) is 0 Å². The van der Waals surface area contributed by atoms with Gasteiger partial charge in [-0.25, -0.2) is 18.6 Å². The van der Waals surface area contributed by atoms with Crippen molar-refractivity contribution < 1.29 is 18.5 Å². The number of nitrogens with zero attached hydrogens (tertiary/aromatic N) is 3. The van der Waals surface area contributed by atoms with Crippen molar-refractivity contribution >= 4 is 17.5 Å². The molecule has 1 aliphatic rings. The Hall–Kier alpha value is -2.88. The molecule has 8 nitrogen and oxygen atoms in total. The van der Waals surface area contributed by atoms with E-state index in [9.17, 15) is 13.7 Å². The lowest BCUT2D eigenvalue weighted by molar-refractivity contribution is -0.736. The van der Waals surface area contributed by atoms with Crippen molar-refractivity contribution in [1.82, 2.24) is 9.97 Å². The van der Waals surface area contributed by atoms with E-state index >= 15 is 0 Å². The molecule has 0 atom stereocenters. The number of halogens is 2. The molecule has 1 heterocycles. The summed E-state index contributed by atoms with van der Waals surface area (Å²) in [5.74, 6) is 0.143. The van der Waals surface area contributed by atoms with Gasteiger partial charge in [-0.3, -0.25) is 0 Å². The van der Waals surface area contributed by atoms with Crippen LogP contribution >= 0.6 is 0 Å². The molecule has 1 aliphatic carbocycles. The van der Waals surface area contributed by atoms with Gasteiger partial charge in [-0.2, -0.15) is 4.98 Å². The molecule has 1 aromatic heterocycles. The molecule has 1 saturated carbocycles. The topological polar surface area (TPSA) is 105 Å². The first-order chi connectivity index (χ1) is 14.5. The Balaban J connectivity index is 1.69. The zero-order chi connectivity index (χ0) is 21.5. The summed E-state index contributed by atoms with van der Waals surface area (Å²) in [6, 6.07) is 3.67. The Labute approximate surface area is 173 Å². The summed E-state index contributed by atoms with van der Waals surface area (Å²) in [6.45, 7) is 1.22. The average molecular weight is 421 g/mol. The smallest absolute Gasteiger partial charge is 0.364 e. The van der Waals surface area contributed by atoms with Gasteiger partial charge in [0.05, 0.1) is 4.91 Å². The number of rotatable bonds is 9. The zero-order valence-electron chi connectivity index (χ0n) is 16.9. The van der Waals surface area contributed by atoms with Crippen LogP contribution in [0.5, 0.6) is 0 Å². The second-order valence-corrected chi connectivity index (χ2v) is 7.42. The molecule has 0 bridgehead atoms. The minimum Gasteiger partial charge on any atom is -0.364 e. The molecule has 0 unspecified atom stereocenters. The van der Waals surface area contributed by atoms with Crippen molar-refractivity contribution in [2.45, 2.75) is 32.2 Å². The molecule has 0 radical (unpaired) electrons. The predicted octanol–water partition coefficient (Wildman–Crippen LogP) is 3.52. The van der Waals surface area contributed by atoms with Crippen LogP contribution in [0.3, 0.4) is 0 Å². The van der Waals surface area contributed by atoms with E-state index < -0.39 is 11.6 Å². The summed E-state index contributed by atoms with van der Waals surface area (Å²) >= 11 is 0. The number of benzene rings is 1. The maximum atomic E-state index is 13.8. The molecular weight excluding hydrogens is 394 g/mol. The molecular formula is C20H27F2N6O2+. The molecule has 1 fully saturated rings. The number of aromatic nitrogens is 2. The number of nitrogens with two attached hydrogens (primary N) is 1. The van der Waals surface area contributed by atoms with Crippen molar-refractivity contribution in [2.75, 3.05) is 30.8 Å². The maximum Gasteiger partial charge on any atom is 0.376 e. The Bertz CT molecular complexity index is 854. The summed E-state index contributed by atoms with van der Waals surface area (Å²) in [6.07, 6.45) is 5.59. The summed E-state index contributed by atoms with van der Waals surface area (Å²) in [4.78, 5) is 25.4. The standard InChI is InChI=1S/C20H27F2N6O2/c1-30-28(29)18-12-26-20(25-11-15-16(21)3-2-4-17(15)22)27-19(18)24-10-14-7-5-13(9-23)6-8-14/h2-4,12-14H,5-11,23H2,1H3,(H2,24,25,26,27)/q+1. The third-order valence-corrected chi connectivity index (χ3v) is 5.47. The third kappa shape index (κ3) is 5.38. The van der Waals surface area contributed by atoms with Gasteiger partial charge in [-0.15, -0.1) is 0 Å². The van der Waals surface area contributed by atoms with Gasteiger partial charge in [0.2, 0.25) is 11.8 Å². The van der Waals surface area contributed by atoms with Crippen LogP contribution in [0, 0.1) is 28.4 Å². The van der Waals surface area contributed by atoms with E-state index in [4.69, 9.17) is 10.6 Å². The van der Waals surface area contributed by atoms with Crippen LogP contribution in [0.1, 0.15) is 31.2 Å². The number of anilines is 2. The maximum absolute atomic E-state index is 13.8.